The van der Waals surface area contributed by atoms with E-state index in [0.29, 0.717) is 0 Å². The molecule has 20 heavy (non-hydrogen) atoms. The number of aromatic nitrogens is 2. The van der Waals surface area contributed by atoms with E-state index in [2.05, 4.69) is 10.4 Å². The minimum atomic E-state index is -4.57. The number of anilines is 2. The third-order valence-electron chi connectivity index (χ3n) is 2.58. The highest BCUT2D eigenvalue weighted by atomic mass is 19.4. The molecule has 0 radical (unpaired) electrons. The number of nitrogens with one attached hydrogen (secondary N) is 1. The van der Waals surface area contributed by atoms with Gasteiger partial charge in [0.15, 0.2) is 0 Å². The molecule has 0 unspecified atom stereocenters. The summed E-state index contributed by atoms with van der Waals surface area (Å²) in [5.41, 5.74) is 4.16. The van der Waals surface area contributed by atoms with Gasteiger partial charge in [-0.05, 0) is 18.2 Å². The van der Waals surface area contributed by atoms with Crippen LogP contribution < -0.4 is 11.1 Å². The molecule has 0 saturated heterocycles. The van der Waals surface area contributed by atoms with Crippen LogP contribution in [0, 0.1) is 0 Å². The molecule has 0 aliphatic carbocycles. The lowest BCUT2D eigenvalue weighted by molar-refractivity contribution is -0.136. The van der Waals surface area contributed by atoms with Crippen LogP contribution >= 0.6 is 0 Å². The second kappa shape index (κ2) is 4.87. The van der Waals surface area contributed by atoms with Crippen molar-refractivity contribution in [3.8, 4) is 0 Å². The Bertz CT molecular complexity index is 648. The van der Waals surface area contributed by atoms with Crippen LogP contribution in [0.1, 0.15) is 15.9 Å². The van der Waals surface area contributed by atoms with Crippen molar-refractivity contribution < 1.29 is 18.0 Å². The first-order chi connectivity index (χ1) is 9.27. The van der Waals surface area contributed by atoms with Gasteiger partial charge in [0.1, 0.15) is 0 Å². The molecule has 1 aromatic carbocycles. The third-order valence-corrected chi connectivity index (χ3v) is 2.58. The Balaban J connectivity index is 2.24. The van der Waals surface area contributed by atoms with Crippen LogP contribution in [0.25, 0.3) is 0 Å². The summed E-state index contributed by atoms with van der Waals surface area (Å²) in [5, 5.41) is 6.17. The van der Waals surface area contributed by atoms with Gasteiger partial charge in [-0.1, -0.05) is 0 Å². The second-order valence-electron chi connectivity index (χ2n) is 4.16. The zero-order valence-corrected chi connectivity index (χ0v) is 10.4. The molecule has 0 aliphatic heterocycles. The van der Waals surface area contributed by atoms with Gasteiger partial charge in [0.2, 0.25) is 0 Å². The maximum Gasteiger partial charge on any atom is 0.418 e. The van der Waals surface area contributed by atoms with Gasteiger partial charge in [0.05, 0.1) is 17.3 Å². The molecule has 0 saturated carbocycles. The van der Waals surface area contributed by atoms with E-state index >= 15 is 0 Å². The predicted molar refractivity (Wildman–Crippen MR) is 67.0 cm³/mol. The molecular formula is C12H11F3N4O. The van der Waals surface area contributed by atoms with Crippen molar-refractivity contribution in [1.29, 1.82) is 0 Å². The Morgan fingerprint density at radius 3 is 2.65 bits per heavy atom. The topological polar surface area (TPSA) is 72.9 Å². The number of halogens is 3. The van der Waals surface area contributed by atoms with E-state index in [1.807, 2.05) is 0 Å². The smallest absolute Gasteiger partial charge is 0.398 e. The number of carbonyl (C=O) groups excluding carboxylic acids is 1. The lowest BCUT2D eigenvalue weighted by atomic mass is 10.1. The SMILES string of the molecule is Cn1cc(C(=O)Nc2ccc(N)c(C(F)(F)F)c2)cn1. The van der Waals surface area contributed by atoms with Gasteiger partial charge in [-0.15, -0.1) is 0 Å². The molecule has 5 nitrogen and oxygen atoms in total. The van der Waals surface area contributed by atoms with Gasteiger partial charge >= 0.3 is 6.18 Å². The van der Waals surface area contributed by atoms with Crippen LogP contribution in [0.5, 0.6) is 0 Å². The summed E-state index contributed by atoms with van der Waals surface area (Å²) in [4.78, 5) is 11.8. The van der Waals surface area contributed by atoms with Gasteiger partial charge < -0.3 is 11.1 Å². The number of rotatable bonds is 2. The van der Waals surface area contributed by atoms with Crippen molar-refractivity contribution in [2.24, 2.45) is 7.05 Å². The van der Waals surface area contributed by atoms with Gasteiger partial charge in [-0.3, -0.25) is 9.48 Å². The van der Waals surface area contributed by atoms with Crippen LogP contribution in [0.3, 0.4) is 0 Å². The van der Waals surface area contributed by atoms with Crippen molar-refractivity contribution in [3.05, 3.63) is 41.7 Å². The van der Waals surface area contributed by atoms with Crippen molar-refractivity contribution >= 4 is 17.3 Å². The Hall–Kier alpha value is -2.51. The standard InChI is InChI=1S/C12H11F3N4O/c1-19-6-7(5-17-19)11(20)18-8-2-3-10(16)9(4-8)12(13,14)15/h2-6H,16H2,1H3,(H,18,20). The molecular weight excluding hydrogens is 273 g/mol. The van der Waals surface area contributed by atoms with Gasteiger partial charge in [0, 0.05) is 24.6 Å². The lowest BCUT2D eigenvalue weighted by Gasteiger charge is -2.12. The molecule has 0 aliphatic rings. The predicted octanol–water partition coefficient (Wildman–Crippen LogP) is 2.27. The summed E-state index contributed by atoms with van der Waals surface area (Å²) in [6.45, 7) is 0. The number of nitrogens with two attached hydrogens (primary N) is 1. The van der Waals surface area contributed by atoms with E-state index in [1.54, 1.807) is 7.05 Å². The molecule has 8 heteroatoms. The summed E-state index contributed by atoms with van der Waals surface area (Å²) in [5.74, 6) is -0.545. The fourth-order valence-corrected chi connectivity index (χ4v) is 1.62. The van der Waals surface area contributed by atoms with Crippen LogP contribution in [-0.4, -0.2) is 15.7 Å². The maximum atomic E-state index is 12.7. The van der Waals surface area contributed by atoms with Crippen molar-refractivity contribution in [2.75, 3.05) is 11.1 Å². The van der Waals surface area contributed by atoms with E-state index in [0.717, 1.165) is 12.1 Å². The van der Waals surface area contributed by atoms with Crippen LogP contribution in [0.2, 0.25) is 0 Å². The number of hydrogen-bond acceptors (Lipinski definition) is 3. The van der Waals surface area contributed by atoms with E-state index < -0.39 is 23.3 Å². The first-order valence-electron chi connectivity index (χ1n) is 5.54. The minimum Gasteiger partial charge on any atom is -0.398 e. The summed E-state index contributed by atoms with van der Waals surface area (Å²) in [6.07, 6.45) is -1.80. The molecule has 0 spiro atoms. The molecule has 1 aromatic heterocycles. The maximum absolute atomic E-state index is 12.7. The average molecular weight is 284 g/mol. The van der Waals surface area contributed by atoms with Gasteiger partial charge in [-0.2, -0.15) is 18.3 Å². The summed E-state index contributed by atoms with van der Waals surface area (Å²) >= 11 is 0. The van der Waals surface area contributed by atoms with Crippen LogP contribution in [0.4, 0.5) is 24.5 Å². The fourth-order valence-electron chi connectivity index (χ4n) is 1.62. The van der Waals surface area contributed by atoms with Gasteiger partial charge in [-0.25, -0.2) is 0 Å². The molecule has 106 valence electrons. The lowest BCUT2D eigenvalue weighted by Crippen LogP contribution is -2.14. The molecule has 2 rings (SSSR count). The second-order valence-corrected chi connectivity index (χ2v) is 4.16. The number of alkyl halides is 3. The number of aryl methyl sites for hydroxylation is 1. The van der Waals surface area contributed by atoms with E-state index in [-0.39, 0.29) is 11.3 Å². The highest BCUT2D eigenvalue weighted by Gasteiger charge is 2.33. The zero-order chi connectivity index (χ0) is 14.9. The number of nitrogen functional groups attached to an aromatic ring is 1. The van der Waals surface area contributed by atoms with Gasteiger partial charge in [0.25, 0.3) is 5.91 Å². The quantitative estimate of drug-likeness (QED) is 0.831. The molecule has 0 fully saturated rings. The van der Waals surface area contributed by atoms with Crippen molar-refractivity contribution in [1.82, 2.24) is 9.78 Å². The molecule has 2 aromatic rings. The Morgan fingerprint density at radius 1 is 1.40 bits per heavy atom. The van der Waals surface area contributed by atoms with Crippen molar-refractivity contribution in [3.63, 3.8) is 0 Å². The summed E-state index contributed by atoms with van der Waals surface area (Å²) < 4.78 is 39.5. The number of nitrogens with zero attached hydrogens (tertiary/aromatic N) is 2. The monoisotopic (exact) mass is 284 g/mol. The highest BCUT2D eigenvalue weighted by Crippen LogP contribution is 2.35. The third kappa shape index (κ3) is 2.90. The molecule has 1 amide bonds. The van der Waals surface area contributed by atoms with Crippen LogP contribution in [-0.2, 0) is 13.2 Å². The zero-order valence-electron chi connectivity index (χ0n) is 10.4. The number of carbonyl (C=O) groups is 1. The number of hydrogen-bond donors (Lipinski definition) is 2. The Kier molecular flexibility index (Phi) is 3.39. The fraction of sp³-hybridized carbons (Fsp3) is 0.167. The first-order valence-corrected chi connectivity index (χ1v) is 5.54. The molecule has 0 bridgehead atoms. The normalized spacial score (nSPS) is 11.4. The first kappa shape index (κ1) is 13.9. The number of benzene rings is 1. The molecule has 1 heterocycles. The number of amides is 1. The van der Waals surface area contributed by atoms with E-state index in [4.69, 9.17) is 5.73 Å². The minimum absolute atomic E-state index is 0.0142. The molecule has 0 atom stereocenters. The van der Waals surface area contributed by atoms with Crippen molar-refractivity contribution in [2.45, 2.75) is 6.18 Å². The Morgan fingerprint density at radius 2 is 2.10 bits per heavy atom. The highest BCUT2D eigenvalue weighted by molar-refractivity contribution is 6.04. The Labute approximate surface area is 112 Å². The average Bonchev–Trinajstić information content (AvgIpc) is 2.77. The summed E-state index contributed by atoms with van der Waals surface area (Å²) in [7, 11) is 1.63. The largest absolute Gasteiger partial charge is 0.418 e. The van der Waals surface area contributed by atoms with E-state index in [9.17, 15) is 18.0 Å². The van der Waals surface area contributed by atoms with E-state index in [1.165, 1.54) is 23.1 Å². The molecule has 3 N–H and O–H groups in total. The van der Waals surface area contributed by atoms with Crippen LogP contribution in [0.15, 0.2) is 30.6 Å². The summed E-state index contributed by atoms with van der Waals surface area (Å²) in [6, 6.07) is 3.20.